The molecule has 0 aliphatic heterocycles. The summed E-state index contributed by atoms with van der Waals surface area (Å²) in [5.41, 5.74) is 0.268. The van der Waals surface area contributed by atoms with Crippen molar-refractivity contribution in [1.29, 1.82) is 0 Å². The first kappa shape index (κ1) is 15.6. The number of hydrogen-bond acceptors (Lipinski definition) is 3. The fraction of sp³-hybridized carbons (Fsp3) is 0.0588. The Morgan fingerprint density at radius 1 is 1.17 bits per heavy atom. The van der Waals surface area contributed by atoms with E-state index in [1.54, 1.807) is 42.6 Å². The second-order valence-corrected chi connectivity index (χ2v) is 6.11. The largest absolute Gasteiger partial charge is 0.287 e. The number of rotatable bonds is 4. The van der Waals surface area contributed by atoms with Gasteiger partial charge in [0.05, 0.1) is 11.4 Å². The lowest BCUT2D eigenvalue weighted by Gasteiger charge is -2.22. The predicted molar refractivity (Wildman–Crippen MR) is 90.5 cm³/mol. The summed E-state index contributed by atoms with van der Waals surface area (Å²) in [6.07, 6.45) is 1.59. The van der Waals surface area contributed by atoms with E-state index in [9.17, 15) is 9.18 Å². The van der Waals surface area contributed by atoms with Crippen molar-refractivity contribution >= 4 is 34.7 Å². The molecule has 6 heteroatoms. The number of halogens is 2. The zero-order valence-corrected chi connectivity index (χ0v) is 13.5. The topological polar surface area (TPSA) is 33.2 Å². The van der Waals surface area contributed by atoms with Crippen LogP contribution in [0.15, 0.2) is 60.1 Å². The standard InChI is InChI=1S/C17H12ClFN2OS/c18-13-5-3-6-14(19)12(13)11-21(16-8-1-2-9-20-16)17(22)15-7-4-10-23-15/h1-10H,11H2. The van der Waals surface area contributed by atoms with E-state index in [0.717, 1.165) is 0 Å². The van der Waals surface area contributed by atoms with Crippen LogP contribution in [0.4, 0.5) is 10.2 Å². The van der Waals surface area contributed by atoms with Gasteiger partial charge >= 0.3 is 0 Å². The highest BCUT2D eigenvalue weighted by Crippen LogP contribution is 2.25. The third-order valence-electron chi connectivity index (χ3n) is 3.28. The highest BCUT2D eigenvalue weighted by Gasteiger charge is 2.22. The van der Waals surface area contributed by atoms with Crippen LogP contribution in [-0.2, 0) is 6.54 Å². The number of nitrogens with zero attached hydrogens (tertiary/aromatic N) is 2. The first-order valence-corrected chi connectivity index (χ1v) is 8.12. The van der Waals surface area contributed by atoms with Crippen molar-refractivity contribution in [2.75, 3.05) is 4.90 Å². The van der Waals surface area contributed by atoms with E-state index in [-0.39, 0.29) is 23.0 Å². The lowest BCUT2D eigenvalue weighted by atomic mass is 10.2. The molecule has 0 saturated carbocycles. The Morgan fingerprint density at radius 2 is 2.04 bits per heavy atom. The van der Waals surface area contributed by atoms with Gasteiger partial charge < -0.3 is 0 Å². The van der Waals surface area contributed by atoms with Crippen molar-refractivity contribution in [3.8, 4) is 0 Å². The van der Waals surface area contributed by atoms with Gasteiger partial charge in [0, 0.05) is 16.8 Å². The number of benzene rings is 1. The Hall–Kier alpha value is -2.24. The molecule has 0 spiro atoms. The minimum Gasteiger partial charge on any atom is -0.287 e. The van der Waals surface area contributed by atoms with Crippen molar-refractivity contribution in [1.82, 2.24) is 4.98 Å². The van der Waals surface area contributed by atoms with Gasteiger partial charge in [0.15, 0.2) is 0 Å². The number of anilines is 1. The molecule has 1 aromatic carbocycles. The third kappa shape index (κ3) is 3.41. The number of aromatic nitrogens is 1. The molecule has 3 nitrogen and oxygen atoms in total. The highest BCUT2D eigenvalue weighted by molar-refractivity contribution is 7.12. The van der Waals surface area contributed by atoms with Crippen molar-refractivity contribution in [2.45, 2.75) is 6.54 Å². The van der Waals surface area contributed by atoms with Gasteiger partial charge in [-0.05, 0) is 35.7 Å². The Balaban J connectivity index is 2.01. The molecule has 23 heavy (non-hydrogen) atoms. The van der Waals surface area contributed by atoms with Crippen LogP contribution in [-0.4, -0.2) is 10.9 Å². The van der Waals surface area contributed by atoms with Gasteiger partial charge in [-0.3, -0.25) is 9.69 Å². The van der Waals surface area contributed by atoms with E-state index >= 15 is 0 Å². The number of hydrogen-bond donors (Lipinski definition) is 0. The summed E-state index contributed by atoms with van der Waals surface area (Å²) in [5.74, 6) is -0.236. The molecule has 0 fully saturated rings. The predicted octanol–water partition coefficient (Wildman–Crippen LogP) is 4.78. The smallest absolute Gasteiger partial charge is 0.269 e. The van der Waals surface area contributed by atoms with Gasteiger partial charge in [0.2, 0.25) is 0 Å². The normalized spacial score (nSPS) is 10.5. The SMILES string of the molecule is O=C(c1cccs1)N(Cc1c(F)cccc1Cl)c1ccccn1. The summed E-state index contributed by atoms with van der Waals surface area (Å²) in [6, 6.07) is 13.2. The van der Waals surface area contributed by atoms with Crippen LogP contribution >= 0.6 is 22.9 Å². The van der Waals surface area contributed by atoms with E-state index in [4.69, 9.17) is 11.6 Å². The minimum atomic E-state index is -0.447. The Kier molecular flexibility index (Phi) is 4.69. The number of pyridine rings is 1. The van der Waals surface area contributed by atoms with E-state index in [1.165, 1.54) is 28.4 Å². The summed E-state index contributed by atoms with van der Waals surface area (Å²) >= 11 is 7.42. The lowest BCUT2D eigenvalue weighted by molar-refractivity contribution is 0.0988. The fourth-order valence-corrected chi connectivity index (χ4v) is 3.04. The Labute approximate surface area is 142 Å². The number of thiophene rings is 1. The van der Waals surface area contributed by atoms with Crippen LogP contribution in [0.3, 0.4) is 0 Å². The molecule has 2 heterocycles. The number of carbonyl (C=O) groups excluding carboxylic acids is 1. The van der Waals surface area contributed by atoms with Crippen LogP contribution in [0.5, 0.6) is 0 Å². The first-order chi connectivity index (χ1) is 11.2. The molecule has 0 unspecified atom stereocenters. The summed E-state index contributed by atoms with van der Waals surface area (Å²) in [5, 5.41) is 2.10. The maximum absolute atomic E-state index is 14.1. The zero-order valence-electron chi connectivity index (χ0n) is 11.9. The molecule has 2 aromatic heterocycles. The maximum atomic E-state index is 14.1. The molecule has 0 aliphatic rings. The summed E-state index contributed by atoms with van der Waals surface area (Å²) in [6.45, 7) is 0.0131. The summed E-state index contributed by atoms with van der Waals surface area (Å²) < 4.78 is 14.1. The maximum Gasteiger partial charge on any atom is 0.269 e. The molecule has 3 aromatic rings. The van der Waals surface area contributed by atoms with Crippen LogP contribution in [0.1, 0.15) is 15.2 Å². The van der Waals surface area contributed by atoms with Gasteiger partial charge in [-0.2, -0.15) is 0 Å². The quantitative estimate of drug-likeness (QED) is 0.681. The first-order valence-electron chi connectivity index (χ1n) is 6.86. The van der Waals surface area contributed by atoms with Crippen LogP contribution in [0.25, 0.3) is 0 Å². The fourth-order valence-electron chi connectivity index (χ4n) is 2.15. The van der Waals surface area contributed by atoms with Crippen molar-refractivity contribution < 1.29 is 9.18 Å². The molecular weight excluding hydrogens is 335 g/mol. The zero-order chi connectivity index (χ0) is 16.2. The monoisotopic (exact) mass is 346 g/mol. The summed E-state index contributed by atoms with van der Waals surface area (Å²) in [4.78, 5) is 19.0. The minimum absolute atomic E-state index is 0.0131. The molecule has 0 saturated heterocycles. The third-order valence-corrected chi connectivity index (χ3v) is 4.49. The van der Waals surface area contributed by atoms with Crippen molar-refractivity contribution in [2.24, 2.45) is 0 Å². The molecule has 116 valence electrons. The highest BCUT2D eigenvalue weighted by atomic mass is 35.5. The Bertz CT molecular complexity index is 788. The van der Waals surface area contributed by atoms with E-state index in [2.05, 4.69) is 4.98 Å². The van der Waals surface area contributed by atoms with E-state index in [1.807, 2.05) is 5.38 Å². The number of amides is 1. The average Bonchev–Trinajstić information content (AvgIpc) is 3.09. The second-order valence-electron chi connectivity index (χ2n) is 4.76. The molecule has 0 N–H and O–H groups in total. The van der Waals surface area contributed by atoms with Crippen LogP contribution in [0, 0.1) is 5.82 Å². The molecule has 0 atom stereocenters. The molecule has 3 rings (SSSR count). The summed E-state index contributed by atoms with van der Waals surface area (Å²) in [7, 11) is 0. The van der Waals surface area contributed by atoms with Gasteiger partial charge in [-0.25, -0.2) is 9.37 Å². The van der Waals surface area contributed by atoms with Gasteiger partial charge in [-0.1, -0.05) is 29.8 Å². The van der Waals surface area contributed by atoms with Crippen molar-refractivity contribution in [3.63, 3.8) is 0 Å². The average molecular weight is 347 g/mol. The second kappa shape index (κ2) is 6.89. The molecular formula is C17H12ClFN2OS. The van der Waals surface area contributed by atoms with E-state index < -0.39 is 5.82 Å². The van der Waals surface area contributed by atoms with Gasteiger partial charge in [0.1, 0.15) is 11.6 Å². The Morgan fingerprint density at radius 3 is 2.70 bits per heavy atom. The van der Waals surface area contributed by atoms with Crippen molar-refractivity contribution in [3.05, 3.63) is 81.4 Å². The molecule has 0 radical (unpaired) electrons. The molecule has 1 amide bonds. The van der Waals surface area contributed by atoms with Gasteiger partial charge in [0.25, 0.3) is 5.91 Å². The lowest BCUT2D eigenvalue weighted by Crippen LogP contribution is -2.31. The van der Waals surface area contributed by atoms with Gasteiger partial charge in [-0.15, -0.1) is 11.3 Å². The van der Waals surface area contributed by atoms with Crippen LogP contribution < -0.4 is 4.90 Å². The van der Waals surface area contributed by atoms with Crippen LogP contribution in [0.2, 0.25) is 5.02 Å². The van der Waals surface area contributed by atoms with E-state index in [0.29, 0.717) is 10.7 Å². The number of carbonyl (C=O) groups is 1. The molecule has 0 bridgehead atoms. The molecule has 0 aliphatic carbocycles.